The standard InChI is InChI=1S/C20H25N5O2/c1-13-11-17(14-5-4-6-14)24-20(22-13)25-10-8-15(18(26)12-25)23-19(27)16-7-2-3-9-21-16/h2-3,7,9,11,14-15,18,26H,4-6,8,10,12H2,1H3,(H,23,27)/t15-,18-/m1/s1. The van der Waals surface area contributed by atoms with Crippen molar-refractivity contribution in [3.05, 3.63) is 47.5 Å². The van der Waals surface area contributed by atoms with Gasteiger partial charge in [-0.15, -0.1) is 0 Å². The second kappa shape index (κ2) is 7.60. The molecule has 1 amide bonds. The van der Waals surface area contributed by atoms with E-state index in [1.807, 2.05) is 11.8 Å². The number of anilines is 1. The molecule has 2 fully saturated rings. The molecule has 1 aliphatic carbocycles. The van der Waals surface area contributed by atoms with Gasteiger partial charge >= 0.3 is 0 Å². The minimum Gasteiger partial charge on any atom is -0.389 e. The fourth-order valence-electron chi connectivity index (χ4n) is 3.65. The number of amides is 1. The molecule has 7 nitrogen and oxygen atoms in total. The third-order valence-corrected chi connectivity index (χ3v) is 5.46. The number of piperidine rings is 1. The average molecular weight is 367 g/mol. The van der Waals surface area contributed by atoms with Gasteiger partial charge in [-0.1, -0.05) is 12.5 Å². The van der Waals surface area contributed by atoms with Gasteiger partial charge in [-0.2, -0.15) is 0 Å². The summed E-state index contributed by atoms with van der Waals surface area (Å²) >= 11 is 0. The molecule has 1 saturated carbocycles. The third-order valence-electron chi connectivity index (χ3n) is 5.46. The average Bonchev–Trinajstić information content (AvgIpc) is 2.62. The Morgan fingerprint density at radius 1 is 1.26 bits per heavy atom. The lowest BCUT2D eigenvalue weighted by Crippen LogP contribution is -2.54. The summed E-state index contributed by atoms with van der Waals surface area (Å²) in [6, 6.07) is 6.98. The van der Waals surface area contributed by atoms with Crippen LogP contribution in [-0.4, -0.2) is 51.2 Å². The second-order valence-electron chi connectivity index (χ2n) is 7.46. The van der Waals surface area contributed by atoms with Gasteiger partial charge in [0.05, 0.1) is 12.1 Å². The Bertz CT molecular complexity index is 809. The molecule has 0 bridgehead atoms. The lowest BCUT2D eigenvalue weighted by molar-refractivity contribution is 0.0792. The summed E-state index contributed by atoms with van der Waals surface area (Å²) in [4.78, 5) is 27.7. The van der Waals surface area contributed by atoms with Crippen LogP contribution in [0.2, 0.25) is 0 Å². The van der Waals surface area contributed by atoms with E-state index in [0.717, 1.165) is 11.4 Å². The molecule has 0 unspecified atom stereocenters. The lowest BCUT2D eigenvalue weighted by Gasteiger charge is -2.36. The smallest absolute Gasteiger partial charge is 0.270 e. The van der Waals surface area contributed by atoms with Crippen molar-refractivity contribution in [3.63, 3.8) is 0 Å². The van der Waals surface area contributed by atoms with Crippen LogP contribution in [0.15, 0.2) is 30.5 Å². The zero-order valence-corrected chi connectivity index (χ0v) is 15.5. The van der Waals surface area contributed by atoms with Crippen molar-refractivity contribution in [2.75, 3.05) is 18.0 Å². The van der Waals surface area contributed by atoms with Crippen molar-refractivity contribution >= 4 is 11.9 Å². The molecule has 3 heterocycles. The van der Waals surface area contributed by atoms with E-state index in [0.29, 0.717) is 37.1 Å². The predicted octanol–water partition coefficient (Wildman–Crippen LogP) is 1.82. The van der Waals surface area contributed by atoms with Gasteiger partial charge in [0.1, 0.15) is 5.69 Å². The minimum absolute atomic E-state index is 0.257. The van der Waals surface area contributed by atoms with E-state index in [1.54, 1.807) is 24.4 Å². The largest absolute Gasteiger partial charge is 0.389 e. The first-order valence-electron chi connectivity index (χ1n) is 9.60. The van der Waals surface area contributed by atoms with Gasteiger partial charge in [-0.05, 0) is 44.4 Å². The molecular formula is C20H25N5O2. The highest BCUT2D eigenvalue weighted by Gasteiger charge is 2.31. The number of rotatable bonds is 4. The van der Waals surface area contributed by atoms with Crippen molar-refractivity contribution in [2.24, 2.45) is 0 Å². The number of nitrogens with zero attached hydrogens (tertiary/aromatic N) is 4. The number of aryl methyl sites for hydroxylation is 1. The molecule has 2 atom stereocenters. The fraction of sp³-hybridized carbons (Fsp3) is 0.500. The molecule has 2 aliphatic rings. The summed E-state index contributed by atoms with van der Waals surface area (Å²) in [5.41, 5.74) is 2.44. The molecule has 4 rings (SSSR count). The van der Waals surface area contributed by atoms with E-state index in [-0.39, 0.29) is 11.9 Å². The Morgan fingerprint density at radius 2 is 2.11 bits per heavy atom. The number of pyridine rings is 1. The van der Waals surface area contributed by atoms with Crippen molar-refractivity contribution in [2.45, 2.75) is 50.7 Å². The Kier molecular flexibility index (Phi) is 5.03. The van der Waals surface area contributed by atoms with E-state index in [1.165, 1.54) is 19.3 Å². The second-order valence-corrected chi connectivity index (χ2v) is 7.46. The first-order valence-corrected chi connectivity index (χ1v) is 9.60. The van der Waals surface area contributed by atoms with Gasteiger partial charge in [0.2, 0.25) is 5.95 Å². The monoisotopic (exact) mass is 367 g/mol. The highest BCUT2D eigenvalue weighted by molar-refractivity contribution is 5.92. The Balaban J connectivity index is 1.41. The van der Waals surface area contributed by atoms with Crippen LogP contribution in [0.3, 0.4) is 0 Å². The summed E-state index contributed by atoms with van der Waals surface area (Å²) in [6.45, 7) is 3.09. The van der Waals surface area contributed by atoms with E-state index >= 15 is 0 Å². The minimum atomic E-state index is -0.678. The molecule has 142 valence electrons. The Hall–Kier alpha value is -2.54. The van der Waals surface area contributed by atoms with Crippen molar-refractivity contribution in [1.82, 2.24) is 20.3 Å². The summed E-state index contributed by atoms with van der Waals surface area (Å²) in [5.74, 6) is 0.975. The molecule has 2 aromatic rings. The number of β-amino-alcohol motifs (C(OH)–C–C–N with tert-alkyl or cyclic N) is 1. The number of carbonyl (C=O) groups is 1. The summed E-state index contributed by atoms with van der Waals surface area (Å²) in [7, 11) is 0. The van der Waals surface area contributed by atoms with E-state index in [9.17, 15) is 9.90 Å². The van der Waals surface area contributed by atoms with E-state index in [4.69, 9.17) is 4.98 Å². The zero-order valence-electron chi connectivity index (χ0n) is 15.5. The van der Waals surface area contributed by atoms with Crippen molar-refractivity contribution in [3.8, 4) is 0 Å². The first kappa shape index (κ1) is 17.9. The number of carbonyl (C=O) groups excluding carboxylic acids is 1. The normalized spacial score (nSPS) is 23.0. The summed E-state index contributed by atoms with van der Waals surface area (Å²) in [5, 5.41) is 13.5. The highest BCUT2D eigenvalue weighted by Crippen LogP contribution is 2.36. The molecule has 0 radical (unpaired) electrons. The van der Waals surface area contributed by atoms with E-state index < -0.39 is 6.10 Å². The number of hydrogen-bond acceptors (Lipinski definition) is 6. The van der Waals surface area contributed by atoms with Crippen LogP contribution < -0.4 is 10.2 Å². The number of nitrogens with one attached hydrogen (secondary N) is 1. The number of hydrogen-bond donors (Lipinski definition) is 2. The molecule has 0 aromatic carbocycles. The quantitative estimate of drug-likeness (QED) is 0.857. The van der Waals surface area contributed by atoms with Crippen molar-refractivity contribution in [1.29, 1.82) is 0 Å². The molecule has 2 aromatic heterocycles. The molecule has 1 aliphatic heterocycles. The highest BCUT2D eigenvalue weighted by atomic mass is 16.3. The summed E-state index contributed by atoms with van der Waals surface area (Å²) < 4.78 is 0. The Labute approximate surface area is 158 Å². The maximum absolute atomic E-state index is 12.3. The topological polar surface area (TPSA) is 91.2 Å². The first-order chi connectivity index (χ1) is 13.1. The Morgan fingerprint density at radius 3 is 2.78 bits per heavy atom. The maximum Gasteiger partial charge on any atom is 0.270 e. The molecule has 27 heavy (non-hydrogen) atoms. The van der Waals surface area contributed by atoms with Crippen LogP contribution in [0, 0.1) is 6.92 Å². The van der Waals surface area contributed by atoms with Crippen LogP contribution in [-0.2, 0) is 0 Å². The van der Waals surface area contributed by atoms with Crippen LogP contribution in [0.25, 0.3) is 0 Å². The molecular weight excluding hydrogens is 342 g/mol. The third kappa shape index (κ3) is 3.93. The molecule has 2 N–H and O–H groups in total. The fourth-order valence-corrected chi connectivity index (χ4v) is 3.65. The maximum atomic E-state index is 12.3. The van der Waals surface area contributed by atoms with Gasteiger partial charge in [0.15, 0.2) is 0 Å². The number of aromatic nitrogens is 3. The van der Waals surface area contributed by atoms with Gasteiger partial charge in [-0.25, -0.2) is 9.97 Å². The zero-order chi connectivity index (χ0) is 18.8. The lowest BCUT2D eigenvalue weighted by atomic mass is 9.82. The van der Waals surface area contributed by atoms with E-state index in [2.05, 4.69) is 21.4 Å². The molecule has 7 heteroatoms. The predicted molar refractivity (Wildman–Crippen MR) is 102 cm³/mol. The number of aliphatic hydroxyl groups excluding tert-OH is 1. The van der Waals surface area contributed by atoms with Gasteiger partial charge in [0.25, 0.3) is 5.91 Å². The van der Waals surface area contributed by atoms with Crippen LogP contribution >= 0.6 is 0 Å². The van der Waals surface area contributed by atoms with Crippen LogP contribution in [0.5, 0.6) is 0 Å². The molecule has 0 spiro atoms. The van der Waals surface area contributed by atoms with Crippen LogP contribution in [0.1, 0.15) is 53.5 Å². The SMILES string of the molecule is Cc1cc(C2CCC2)nc(N2CC[C@@H](NC(=O)c3ccccn3)[C@H](O)C2)n1. The van der Waals surface area contributed by atoms with Crippen LogP contribution in [0.4, 0.5) is 5.95 Å². The van der Waals surface area contributed by atoms with Gasteiger partial charge in [0, 0.05) is 36.6 Å². The molecule has 1 saturated heterocycles. The van der Waals surface area contributed by atoms with Crippen molar-refractivity contribution < 1.29 is 9.90 Å². The number of aliphatic hydroxyl groups is 1. The summed E-state index contributed by atoms with van der Waals surface area (Å²) in [6.07, 6.45) is 5.20. The van der Waals surface area contributed by atoms with Gasteiger partial charge in [-0.3, -0.25) is 9.78 Å². The van der Waals surface area contributed by atoms with Gasteiger partial charge < -0.3 is 15.3 Å².